The van der Waals surface area contributed by atoms with Crippen LogP contribution < -0.4 is 5.32 Å². The maximum Gasteiger partial charge on any atom is 0.335 e. The minimum Gasteiger partial charge on any atom is -0.478 e. The molecule has 0 aliphatic heterocycles. The van der Waals surface area contributed by atoms with E-state index in [1.54, 1.807) is 24.3 Å². The molecule has 5 heteroatoms. The number of aromatic carboxylic acids is 1. The molecule has 0 heterocycles. The summed E-state index contributed by atoms with van der Waals surface area (Å²) < 4.78 is 5.00. The second-order valence-electron chi connectivity index (χ2n) is 6.98. The van der Waals surface area contributed by atoms with E-state index in [-0.39, 0.29) is 11.5 Å². The summed E-state index contributed by atoms with van der Waals surface area (Å²) in [7, 11) is 1.41. The molecule has 2 atom stereocenters. The van der Waals surface area contributed by atoms with Crippen LogP contribution in [0.5, 0.6) is 0 Å². The van der Waals surface area contributed by atoms with Crippen LogP contribution in [0.1, 0.15) is 52.2 Å². The molecule has 0 radical (unpaired) electrons. The number of hydrogen-bond donors (Lipinski definition) is 2. The van der Waals surface area contributed by atoms with E-state index in [1.165, 1.54) is 18.2 Å². The summed E-state index contributed by atoms with van der Waals surface area (Å²) in [4.78, 5) is 23.3. The Morgan fingerprint density at radius 1 is 1.19 bits per heavy atom. The molecule has 0 fully saturated rings. The zero-order valence-corrected chi connectivity index (χ0v) is 15.5. The highest BCUT2D eigenvalue weighted by Gasteiger charge is 2.27. The van der Waals surface area contributed by atoms with Gasteiger partial charge < -0.3 is 15.2 Å². The van der Waals surface area contributed by atoms with Gasteiger partial charge in [0, 0.05) is 6.54 Å². The Bertz CT molecular complexity index is 800. The van der Waals surface area contributed by atoms with Gasteiger partial charge in [-0.1, -0.05) is 36.4 Å². The number of carbonyl (C=O) groups is 2. The largest absolute Gasteiger partial charge is 0.478 e. The van der Waals surface area contributed by atoms with Crippen LogP contribution in [0.15, 0.2) is 48.5 Å². The van der Waals surface area contributed by atoms with Crippen molar-refractivity contribution in [3.05, 3.63) is 70.8 Å². The van der Waals surface area contributed by atoms with Crippen LogP contribution in [0.25, 0.3) is 0 Å². The van der Waals surface area contributed by atoms with Crippen molar-refractivity contribution >= 4 is 11.9 Å². The van der Waals surface area contributed by atoms with Crippen LogP contribution in [0.2, 0.25) is 0 Å². The van der Waals surface area contributed by atoms with E-state index in [9.17, 15) is 9.59 Å². The summed E-state index contributed by atoms with van der Waals surface area (Å²) in [5.41, 5.74) is 3.90. The highest BCUT2D eigenvalue weighted by Crippen LogP contribution is 2.34. The van der Waals surface area contributed by atoms with Crippen LogP contribution in [-0.2, 0) is 22.5 Å². The maximum atomic E-state index is 12.3. The van der Waals surface area contributed by atoms with Crippen LogP contribution >= 0.6 is 0 Å². The van der Waals surface area contributed by atoms with Crippen LogP contribution in [0.4, 0.5) is 0 Å². The van der Waals surface area contributed by atoms with E-state index < -0.39 is 12.0 Å². The number of carboxylic acids is 1. The number of aryl methyl sites for hydroxylation is 1. The van der Waals surface area contributed by atoms with Gasteiger partial charge >= 0.3 is 11.9 Å². The van der Waals surface area contributed by atoms with Gasteiger partial charge in [0.05, 0.1) is 12.7 Å². The quantitative estimate of drug-likeness (QED) is 0.732. The van der Waals surface area contributed by atoms with Crippen LogP contribution in [0.3, 0.4) is 0 Å². The molecule has 142 valence electrons. The fourth-order valence-corrected chi connectivity index (χ4v) is 3.80. The molecule has 2 aromatic carbocycles. The van der Waals surface area contributed by atoms with E-state index in [4.69, 9.17) is 9.84 Å². The molecule has 2 unspecified atom stereocenters. The van der Waals surface area contributed by atoms with Gasteiger partial charge in [0.1, 0.15) is 6.04 Å². The molecule has 0 spiro atoms. The van der Waals surface area contributed by atoms with Gasteiger partial charge in [0.25, 0.3) is 0 Å². The second kappa shape index (κ2) is 8.82. The number of rotatable bonds is 7. The zero-order chi connectivity index (χ0) is 19.2. The van der Waals surface area contributed by atoms with E-state index in [1.807, 2.05) is 0 Å². The van der Waals surface area contributed by atoms with Crippen LogP contribution in [-0.4, -0.2) is 30.2 Å². The van der Waals surface area contributed by atoms with Crippen molar-refractivity contribution in [2.75, 3.05) is 7.11 Å². The second-order valence-corrected chi connectivity index (χ2v) is 6.98. The number of carboxylic acid groups (broad SMARTS) is 1. The number of hydrogen-bond acceptors (Lipinski definition) is 4. The lowest BCUT2D eigenvalue weighted by atomic mass is 9.79. The Hall–Kier alpha value is -2.66. The molecule has 2 aromatic rings. The Kier molecular flexibility index (Phi) is 6.24. The zero-order valence-electron chi connectivity index (χ0n) is 15.5. The molecule has 1 aliphatic rings. The smallest absolute Gasteiger partial charge is 0.335 e. The molecule has 5 nitrogen and oxygen atoms in total. The number of ether oxygens (including phenoxy) is 1. The lowest BCUT2D eigenvalue weighted by Gasteiger charge is -2.28. The van der Waals surface area contributed by atoms with E-state index >= 15 is 0 Å². The molecule has 0 bridgehead atoms. The fourth-order valence-electron chi connectivity index (χ4n) is 3.80. The highest BCUT2D eigenvalue weighted by molar-refractivity contribution is 5.87. The third kappa shape index (κ3) is 4.74. The van der Waals surface area contributed by atoms with Gasteiger partial charge in [-0.15, -0.1) is 0 Å². The summed E-state index contributed by atoms with van der Waals surface area (Å²) in [6.45, 7) is 0.480. The predicted octanol–water partition coefficient (Wildman–Crippen LogP) is 3.53. The normalized spacial score (nSPS) is 17.0. The van der Waals surface area contributed by atoms with Crippen molar-refractivity contribution in [3.8, 4) is 0 Å². The number of methoxy groups -OCH3 is 1. The summed E-state index contributed by atoms with van der Waals surface area (Å²) in [6, 6.07) is 14.7. The summed E-state index contributed by atoms with van der Waals surface area (Å²) in [5.74, 6) is -0.876. The Labute approximate surface area is 159 Å². The van der Waals surface area contributed by atoms with Gasteiger partial charge in [-0.25, -0.2) is 4.79 Å². The van der Waals surface area contributed by atoms with Gasteiger partial charge in [-0.05, 0) is 60.4 Å². The van der Waals surface area contributed by atoms with Gasteiger partial charge in [0.15, 0.2) is 0 Å². The van der Waals surface area contributed by atoms with Crippen molar-refractivity contribution in [3.63, 3.8) is 0 Å². The molecule has 0 saturated carbocycles. The Morgan fingerprint density at radius 3 is 2.63 bits per heavy atom. The molecule has 0 amide bonds. The molecular formula is C22H25NO4. The third-order valence-electron chi connectivity index (χ3n) is 5.25. The molecule has 2 N–H and O–H groups in total. The lowest BCUT2D eigenvalue weighted by Crippen LogP contribution is -2.39. The van der Waals surface area contributed by atoms with E-state index in [2.05, 4.69) is 29.6 Å². The number of esters is 1. The van der Waals surface area contributed by atoms with Gasteiger partial charge in [-0.2, -0.15) is 0 Å². The molecular weight excluding hydrogens is 342 g/mol. The predicted molar refractivity (Wildman–Crippen MR) is 103 cm³/mol. The number of benzene rings is 2. The van der Waals surface area contributed by atoms with Crippen molar-refractivity contribution < 1.29 is 19.4 Å². The Morgan fingerprint density at radius 2 is 1.93 bits per heavy atom. The SMILES string of the molecule is COC(=O)C(CC1CCCc2ccccc21)NCc1ccc(C(=O)O)cc1. The minimum atomic E-state index is -0.946. The number of carbonyl (C=O) groups excluding carboxylic acids is 1. The minimum absolute atomic E-state index is 0.252. The molecule has 1 aliphatic carbocycles. The first-order valence-electron chi connectivity index (χ1n) is 9.29. The average molecular weight is 367 g/mol. The first-order chi connectivity index (χ1) is 13.1. The first-order valence-corrected chi connectivity index (χ1v) is 9.29. The monoisotopic (exact) mass is 367 g/mol. The van der Waals surface area contributed by atoms with Crippen molar-refractivity contribution in [2.24, 2.45) is 0 Å². The first kappa shape index (κ1) is 19.1. The van der Waals surface area contributed by atoms with Gasteiger partial charge in [0.2, 0.25) is 0 Å². The molecule has 27 heavy (non-hydrogen) atoms. The number of fused-ring (bicyclic) bond motifs is 1. The molecule has 0 saturated heterocycles. The van der Waals surface area contributed by atoms with E-state index in [0.29, 0.717) is 18.9 Å². The van der Waals surface area contributed by atoms with Crippen molar-refractivity contribution in [1.82, 2.24) is 5.32 Å². The van der Waals surface area contributed by atoms with Crippen LogP contribution in [0, 0.1) is 0 Å². The summed E-state index contributed by atoms with van der Waals surface area (Å²) in [5, 5.41) is 12.3. The van der Waals surface area contributed by atoms with Crippen molar-refractivity contribution in [2.45, 2.75) is 44.2 Å². The molecule has 3 rings (SSSR count). The van der Waals surface area contributed by atoms with E-state index in [0.717, 1.165) is 24.8 Å². The maximum absolute atomic E-state index is 12.3. The molecule has 0 aromatic heterocycles. The van der Waals surface area contributed by atoms with Crippen molar-refractivity contribution in [1.29, 1.82) is 0 Å². The third-order valence-corrected chi connectivity index (χ3v) is 5.25. The highest BCUT2D eigenvalue weighted by atomic mass is 16.5. The topological polar surface area (TPSA) is 75.6 Å². The van der Waals surface area contributed by atoms with Gasteiger partial charge in [-0.3, -0.25) is 4.79 Å². The average Bonchev–Trinajstić information content (AvgIpc) is 2.71. The fraction of sp³-hybridized carbons (Fsp3) is 0.364. The Balaban J connectivity index is 1.68. The summed E-state index contributed by atoms with van der Waals surface area (Å²) >= 11 is 0. The standard InChI is InChI=1S/C22H25NO4/c1-27-22(26)20(23-14-15-9-11-17(12-10-15)21(24)25)13-18-7-4-6-16-5-2-3-8-19(16)18/h2-3,5,8-12,18,20,23H,4,6-7,13-14H2,1H3,(H,24,25). The lowest BCUT2D eigenvalue weighted by molar-refractivity contribution is -0.143. The number of nitrogens with one attached hydrogen (secondary N) is 1. The summed E-state index contributed by atoms with van der Waals surface area (Å²) in [6.07, 6.45) is 3.99.